The quantitative estimate of drug-likeness (QED) is 0.317. The molecule has 0 saturated heterocycles. The molecule has 0 fully saturated rings. The van der Waals surface area contributed by atoms with Crippen LogP contribution in [0, 0.1) is 4.77 Å². The first-order chi connectivity index (χ1) is 14.4. The van der Waals surface area contributed by atoms with Crippen LogP contribution < -0.4 is 14.9 Å². The Morgan fingerprint density at radius 2 is 2.00 bits per heavy atom. The molecule has 3 aromatic rings. The van der Waals surface area contributed by atoms with Gasteiger partial charge in [0, 0.05) is 6.42 Å². The highest BCUT2D eigenvalue weighted by Gasteiger charge is 2.13. The number of rotatable bonds is 9. The highest BCUT2D eigenvalue weighted by Crippen LogP contribution is 2.37. The molecule has 0 aliphatic rings. The summed E-state index contributed by atoms with van der Waals surface area (Å²) < 4.78 is 14.6. The van der Waals surface area contributed by atoms with Gasteiger partial charge in [0.05, 0.1) is 28.2 Å². The van der Waals surface area contributed by atoms with Crippen LogP contribution in [0.15, 0.2) is 34.8 Å². The highest BCUT2D eigenvalue weighted by atomic mass is 79.9. The fourth-order valence-corrected chi connectivity index (χ4v) is 3.99. The van der Waals surface area contributed by atoms with Crippen molar-refractivity contribution in [2.24, 2.45) is 0 Å². The third kappa shape index (κ3) is 5.49. The first-order valence-corrected chi connectivity index (χ1v) is 11.2. The Kier molecular flexibility index (Phi) is 8.05. The van der Waals surface area contributed by atoms with E-state index in [1.54, 1.807) is 23.9 Å². The number of halogens is 3. The largest absolute Gasteiger partial charge is 0.493 e. The SMILES string of the molecule is CCCc1n[nH]c(=S)n1NCc1cc(Br)c(OCc2ccc(Cl)c(Cl)c2)c(OC)c1. The van der Waals surface area contributed by atoms with Crippen LogP contribution in [0.4, 0.5) is 0 Å². The van der Waals surface area contributed by atoms with Gasteiger partial charge in [0.25, 0.3) is 0 Å². The molecule has 30 heavy (non-hydrogen) atoms. The van der Waals surface area contributed by atoms with E-state index in [0.29, 0.717) is 39.5 Å². The Balaban J connectivity index is 1.74. The van der Waals surface area contributed by atoms with E-state index in [4.69, 9.17) is 44.9 Å². The topological polar surface area (TPSA) is 64.1 Å². The van der Waals surface area contributed by atoms with Gasteiger partial charge in [0.2, 0.25) is 4.77 Å². The van der Waals surface area contributed by atoms with Crippen LogP contribution in [-0.2, 0) is 19.6 Å². The average Bonchev–Trinajstić information content (AvgIpc) is 3.07. The summed E-state index contributed by atoms with van der Waals surface area (Å²) in [4.78, 5) is 0. The second-order valence-electron chi connectivity index (χ2n) is 6.51. The highest BCUT2D eigenvalue weighted by molar-refractivity contribution is 9.10. The minimum Gasteiger partial charge on any atom is -0.493 e. The minimum absolute atomic E-state index is 0.327. The second-order valence-corrected chi connectivity index (χ2v) is 8.57. The summed E-state index contributed by atoms with van der Waals surface area (Å²) in [6.07, 6.45) is 1.81. The number of hydrogen-bond donors (Lipinski definition) is 2. The van der Waals surface area contributed by atoms with E-state index < -0.39 is 0 Å². The number of H-pyrrole nitrogens is 1. The molecule has 0 aliphatic heterocycles. The Bertz CT molecular complexity index is 1090. The Hall–Kier alpha value is -1.74. The van der Waals surface area contributed by atoms with Crippen LogP contribution in [0.1, 0.15) is 30.3 Å². The lowest BCUT2D eigenvalue weighted by molar-refractivity contribution is 0.282. The summed E-state index contributed by atoms with van der Waals surface area (Å²) in [5.74, 6) is 2.10. The van der Waals surface area contributed by atoms with Crippen molar-refractivity contribution in [1.82, 2.24) is 14.9 Å². The van der Waals surface area contributed by atoms with Gasteiger partial charge >= 0.3 is 0 Å². The monoisotopic (exact) mass is 530 g/mol. The lowest BCUT2D eigenvalue weighted by Crippen LogP contribution is -2.17. The predicted molar refractivity (Wildman–Crippen MR) is 126 cm³/mol. The zero-order valence-corrected chi connectivity index (χ0v) is 20.4. The van der Waals surface area contributed by atoms with Gasteiger partial charge in [-0.05, 0) is 70.0 Å². The molecule has 0 spiro atoms. The van der Waals surface area contributed by atoms with Crippen molar-refractivity contribution in [1.29, 1.82) is 0 Å². The number of aryl methyl sites for hydroxylation is 1. The van der Waals surface area contributed by atoms with E-state index in [1.165, 1.54) is 0 Å². The lowest BCUT2D eigenvalue weighted by Gasteiger charge is -2.16. The van der Waals surface area contributed by atoms with Crippen LogP contribution in [0.2, 0.25) is 10.0 Å². The molecule has 0 aliphatic carbocycles. The maximum atomic E-state index is 6.08. The number of benzene rings is 2. The van der Waals surface area contributed by atoms with Crippen molar-refractivity contribution >= 4 is 51.3 Å². The molecule has 0 bridgehead atoms. The smallest absolute Gasteiger partial charge is 0.214 e. The first kappa shape index (κ1) is 22.9. The molecule has 6 nitrogen and oxygen atoms in total. The van der Waals surface area contributed by atoms with Crippen LogP contribution >= 0.6 is 51.3 Å². The van der Waals surface area contributed by atoms with Gasteiger partial charge < -0.3 is 14.9 Å². The van der Waals surface area contributed by atoms with Crippen LogP contribution in [0.25, 0.3) is 0 Å². The van der Waals surface area contributed by atoms with Crippen molar-refractivity contribution in [3.8, 4) is 11.5 Å². The molecule has 1 heterocycles. The molecule has 0 amide bonds. The molecule has 10 heteroatoms. The fourth-order valence-electron chi connectivity index (χ4n) is 2.85. The maximum absolute atomic E-state index is 6.08. The van der Waals surface area contributed by atoms with Gasteiger partial charge in [-0.3, -0.25) is 5.10 Å². The van der Waals surface area contributed by atoms with Crippen LogP contribution in [0.5, 0.6) is 11.5 Å². The van der Waals surface area contributed by atoms with Crippen LogP contribution in [-0.4, -0.2) is 22.0 Å². The molecule has 2 N–H and O–H groups in total. The molecule has 1 aromatic heterocycles. The molecular formula is C20H21BrCl2N4O2S. The minimum atomic E-state index is 0.327. The number of nitrogens with zero attached hydrogens (tertiary/aromatic N) is 2. The Morgan fingerprint density at radius 3 is 2.70 bits per heavy atom. The third-order valence-corrected chi connectivity index (χ3v) is 5.92. The molecular weight excluding hydrogens is 511 g/mol. The van der Waals surface area contributed by atoms with Gasteiger partial charge in [0.15, 0.2) is 17.3 Å². The number of nitrogens with one attached hydrogen (secondary N) is 2. The van der Waals surface area contributed by atoms with Crippen molar-refractivity contribution in [2.75, 3.05) is 12.5 Å². The van der Waals surface area contributed by atoms with E-state index in [-0.39, 0.29) is 0 Å². The molecule has 0 radical (unpaired) electrons. The number of hydrogen-bond acceptors (Lipinski definition) is 5. The molecule has 160 valence electrons. The first-order valence-electron chi connectivity index (χ1n) is 9.26. The maximum Gasteiger partial charge on any atom is 0.214 e. The summed E-state index contributed by atoms with van der Waals surface area (Å²) in [5, 5.41) is 8.08. The molecule has 0 unspecified atom stereocenters. The van der Waals surface area contributed by atoms with Crippen molar-refractivity contribution in [3.05, 3.63) is 66.6 Å². The summed E-state index contributed by atoms with van der Waals surface area (Å²) in [6.45, 7) is 2.96. The van der Waals surface area contributed by atoms with Crippen LogP contribution in [0.3, 0.4) is 0 Å². The van der Waals surface area contributed by atoms with E-state index in [9.17, 15) is 0 Å². The van der Waals surface area contributed by atoms with E-state index in [0.717, 1.165) is 34.3 Å². The summed E-state index contributed by atoms with van der Waals surface area (Å²) >= 11 is 20.9. The second kappa shape index (κ2) is 10.5. The van der Waals surface area contributed by atoms with Gasteiger partial charge in [0.1, 0.15) is 6.61 Å². The van der Waals surface area contributed by atoms with Crippen molar-refractivity contribution in [2.45, 2.75) is 32.9 Å². The van der Waals surface area contributed by atoms with E-state index >= 15 is 0 Å². The molecule has 0 saturated carbocycles. The predicted octanol–water partition coefficient (Wildman–Crippen LogP) is 6.29. The number of ether oxygens (including phenoxy) is 2. The Morgan fingerprint density at radius 1 is 1.20 bits per heavy atom. The fraction of sp³-hybridized carbons (Fsp3) is 0.300. The zero-order valence-electron chi connectivity index (χ0n) is 16.5. The summed E-state index contributed by atoms with van der Waals surface area (Å²) in [5.41, 5.74) is 5.20. The Labute approximate surface area is 198 Å². The number of aromatic amines is 1. The van der Waals surface area contributed by atoms with Crippen molar-refractivity contribution < 1.29 is 9.47 Å². The molecule has 2 aromatic carbocycles. The number of aromatic nitrogens is 3. The van der Waals surface area contributed by atoms with Gasteiger partial charge in [-0.2, -0.15) is 5.10 Å². The van der Waals surface area contributed by atoms with Gasteiger partial charge in [-0.15, -0.1) is 0 Å². The number of methoxy groups -OCH3 is 1. The average molecular weight is 532 g/mol. The summed E-state index contributed by atoms with van der Waals surface area (Å²) in [6, 6.07) is 9.30. The zero-order chi connectivity index (χ0) is 21.7. The molecule has 0 atom stereocenters. The van der Waals surface area contributed by atoms with E-state index in [2.05, 4.69) is 38.5 Å². The molecule has 3 rings (SSSR count). The summed E-state index contributed by atoms with van der Waals surface area (Å²) in [7, 11) is 1.61. The van der Waals surface area contributed by atoms with E-state index in [1.807, 2.05) is 18.2 Å². The normalized spacial score (nSPS) is 10.8. The van der Waals surface area contributed by atoms with Gasteiger partial charge in [-0.25, -0.2) is 4.68 Å². The third-order valence-electron chi connectivity index (χ3n) is 4.31. The lowest BCUT2D eigenvalue weighted by atomic mass is 10.2. The standard InChI is InChI=1S/C20H21BrCl2N4O2S/c1-3-4-18-25-26-20(30)27(18)24-10-13-7-14(21)19(17(9-13)28-2)29-11-12-5-6-15(22)16(23)8-12/h5-9,24H,3-4,10-11H2,1-2H3,(H,26,30). The van der Waals surface area contributed by atoms with Crippen molar-refractivity contribution in [3.63, 3.8) is 0 Å². The van der Waals surface area contributed by atoms with Gasteiger partial charge in [-0.1, -0.05) is 36.2 Å².